The lowest BCUT2D eigenvalue weighted by Crippen LogP contribution is -2.01. The molecule has 0 spiro atoms. The van der Waals surface area contributed by atoms with Crippen LogP contribution >= 0.6 is 0 Å². The highest BCUT2D eigenvalue weighted by Gasteiger charge is 2.07. The number of rotatable bonds is 7. The summed E-state index contributed by atoms with van der Waals surface area (Å²) in [5.41, 5.74) is 1.87. The molecule has 0 heterocycles. The average Bonchev–Trinajstić information content (AvgIpc) is 2.49. The third kappa shape index (κ3) is 4.87. The minimum Gasteiger partial charge on any atom is -0.491 e. The number of halogens is 1. The van der Waals surface area contributed by atoms with E-state index in [1.807, 2.05) is 18.2 Å². The summed E-state index contributed by atoms with van der Waals surface area (Å²) in [7, 11) is 0. The Labute approximate surface area is 125 Å². The van der Waals surface area contributed by atoms with Crippen molar-refractivity contribution >= 4 is 0 Å². The van der Waals surface area contributed by atoms with Crippen LogP contribution < -0.4 is 4.74 Å². The molecule has 0 bridgehead atoms. The first-order valence-electron chi connectivity index (χ1n) is 7.31. The molecule has 0 aliphatic rings. The molecule has 3 heteroatoms. The SMILES string of the molecule is C[C@H](O)c1ccc(OCCCCc2ccccc2)c(F)c1. The van der Waals surface area contributed by atoms with Gasteiger partial charge in [-0.25, -0.2) is 4.39 Å². The Hall–Kier alpha value is -1.87. The molecule has 2 nitrogen and oxygen atoms in total. The highest BCUT2D eigenvalue weighted by molar-refractivity contribution is 5.30. The van der Waals surface area contributed by atoms with E-state index < -0.39 is 11.9 Å². The summed E-state index contributed by atoms with van der Waals surface area (Å²) in [6.07, 6.45) is 2.23. The number of hydrogen-bond acceptors (Lipinski definition) is 2. The molecular formula is C18H21FO2. The quantitative estimate of drug-likeness (QED) is 0.770. The Balaban J connectivity index is 1.74. The van der Waals surface area contributed by atoms with Gasteiger partial charge in [0, 0.05) is 0 Å². The third-order valence-electron chi connectivity index (χ3n) is 3.40. The predicted molar refractivity (Wildman–Crippen MR) is 81.9 cm³/mol. The standard InChI is InChI=1S/C18H21FO2/c1-14(20)16-10-11-18(17(19)13-16)21-12-6-5-9-15-7-3-2-4-8-15/h2-4,7-8,10-11,13-14,20H,5-6,9,12H2,1H3/t14-/m0/s1. The lowest BCUT2D eigenvalue weighted by Gasteiger charge is -2.10. The molecule has 0 saturated heterocycles. The van der Waals surface area contributed by atoms with Gasteiger partial charge in [0.25, 0.3) is 0 Å². The number of ether oxygens (including phenoxy) is 1. The Morgan fingerprint density at radius 3 is 2.52 bits per heavy atom. The van der Waals surface area contributed by atoms with Gasteiger partial charge in [0.05, 0.1) is 12.7 Å². The molecular weight excluding hydrogens is 267 g/mol. The lowest BCUT2D eigenvalue weighted by atomic mass is 10.1. The number of unbranched alkanes of at least 4 members (excludes halogenated alkanes) is 1. The highest BCUT2D eigenvalue weighted by atomic mass is 19.1. The smallest absolute Gasteiger partial charge is 0.165 e. The first-order chi connectivity index (χ1) is 10.2. The van der Waals surface area contributed by atoms with E-state index in [0.717, 1.165) is 19.3 Å². The number of hydrogen-bond donors (Lipinski definition) is 1. The second kappa shape index (κ2) is 7.79. The normalized spacial score (nSPS) is 12.1. The van der Waals surface area contributed by atoms with E-state index in [0.29, 0.717) is 12.2 Å². The van der Waals surface area contributed by atoms with Crippen molar-refractivity contribution in [2.45, 2.75) is 32.3 Å². The summed E-state index contributed by atoms with van der Waals surface area (Å²) in [6.45, 7) is 2.11. The molecule has 2 rings (SSSR count). The molecule has 2 aromatic carbocycles. The fraction of sp³-hybridized carbons (Fsp3) is 0.333. The molecule has 0 fully saturated rings. The molecule has 0 unspecified atom stereocenters. The Morgan fingerprint density at radius 2 is 1.86 bits per heavy atom. The zero-order valence-electron chi connectivity index (χ0n) is 12.3. The maximum atomic E-state index is 13.7. The average molecular weight is 288 g/mol. The first-order valence-corrected chi connectivity index (χ1v) is 7.31. The van der Waals surface area contributed by atoms with Crippen LogP contribution in [0, 0.1) is 5.82 Å². The van der Waals surface area contributed by atoms with Crippen molar-refractivity contribution in [1.82, 2.24) is 0 Å². The summed E-state index contributed by atoms with van der Waals surface area (Å²) in [4.78, 5) is 0. The first kappa shape index (κ1) is 15.5. The minimum atomic E-state index is -0.667. The van der Waals surface area contributed by atoms with E-state index in [-0.39, 0.29) is 5.75 Å². The second-order valence-corrected chi connectivity index (χ2v) is 5.16. The molecule has 0 saturated carbocycles. The van der Waals surface area contributed by atoms with Crippen molar-refractivity contribution in [3.8, 4) is 5.75 Å². The van der Waals surface area contributed by atoms with Crippen molar-refractivity contribution in [2.24, 2.45) is 0 Å². The fourth-order valence-corrected chi connectivity index (χ4v) is 2.15. The van der Waals surface area contributed by atoms with Gasteiger partial charge in [0.15, 0.2) is 11.6 Å². The van der Waals surface area contributed by atoms with Gasteiger partial charge in [-0.05, 0) is 49.4 Å². The number of aryl methyl sites for hydroxylation is 1. The van der Waals surface area contributed by atoms with Crippen molar-refractivity contribution in [2.75, 3.05) is 6.61 Å². The molecule has 1 atom stereocenters. The largest absolute Gasteiger partial charge is 0.491 e. The van der Waals surface area contributed by atoms with Gasteiger partial charge in [-0.3, -0.25) is 0 Å². The fourth-order valence-electron chi connectivity index (χ4n) is 2.15. The summed E-state index contributed by atoms with van der Waals surface area (Å²) in [5.74, 6) is -0.171. The van der Waals surface area contributed by atoms with Gasteiger partial charge in [-0.1, -0.05) is 36.4 Å². The maximum absolute atomic E-state index is 13.7. The predicted octanol–water partition coefficient (Wildman–Crippen LogP) is 4.28. The van der Waals surface area contributed by atoms with Gasteiger partial charge in [0.2, 0.25) is 0 Å². The van der Waals surface area contributed by atoms with Crippen molar-refractivity contribution < 1.29 is 14.2 Å². The molecule has 112 valence electrons. The molecule has 1 N–H and O–H groups in total. The summed E-state index contributed by atoms with van der Waals surface area (Å²) < 4.78 is 19.2. The third-order valence-corrected chi connectivity index (χ3v) is 3.40. The highest BCUT2D eigenvalue weighted by Crippen LogP contribution is 2.22. The van der Waals surface area contributed by atoms with Crippen LogP contribution in [0.3, 0.4) is 0 Å². The zero-order valence-corrected chi connectivity index (χ0v) is 12.3. The van der Waals surface area contributed by atoms with E-state index in [4.69, 9.17) is 4.74 Å². The molecule has 0 aliphatic carbocycles. The van der Waals surface area contributed by atoms with Crippen molar-refractivity contribution in [1.29, 1.82) is 0 Å². The topological polar surface area (TPSA) is 29.5 Å². The summed E-state index contributed by atoms with van der Waals surface area (Å²) in [5, 5.41) is 9.39. The van der Waals surface area contributed by atoms with Crippen LogP contribution in [0.15, 0.2) is 48.5 Å². The number of benzene rings is 2. The molecule has 21 heavy (non-hydrogen) atoms. The second-order valence-electron chi connectivity index (χ2n) is 5.16. The van der Waals surface area contributed by atoms with Crippen LogP contribution in [-0.2, 0) is 6.42 Å². The number of aliphatic hydroxyl groups excluding tert-OH is 1. The Kier molecular flexibility index (Phi) is 5.76. The molecule has 2 aromatic rings. The maximum Gasteiger partial charge on any atom is 0.165 e. The van der Waals surface area contributed by atoms with Gasteiger partial charge in [0.1, 0.15) is 0 Å². The zero-order chi connectivity index (χ0) is 15.1. The summed E-state index contributed by atoms with van der Waals surface area (Å²) in [6, 6.07) is 14.9. The van der Waals surface area contributed by atoms with E-state index >= 15 is 0 Å². The van der Waals surface area contributed by atoms with Crippen LogP contribution in [0.4, 0.5) is 4.39 Å². The molecule has 0 radical (unpaired) electrons. The van der Waals surface area contributed by atoms with Crippen LogP contribution in [0.25, 0.3) is 0 Å². The van der Waals surface area contributed by atoms with Crippen molar-refractivity contribution in [3.63, 3.8) is 0 Å². The molecule has 0 aliphatic heterocycles. The molecule has 0 amide bonds. The summed E-state index contributed by atoms with van der Waals surface area (Å²) >= 11 is 0. The van der Waals surface area contributed by atoms with E-state index in [1.165, 1.54) is 11.6 Å². The lowest BCUT2D eigenvalue weighted by molar-refractivity contribution is 0.198. The van der Waals surface area contributed by atoms with Gasteiger partial charge in [-0.15, -0.1) is 0 Å². The number of aliphatic hydroxyl groups is 1. The van der Waals surface area contributed by atoms with Gasteiger partial charge >= 0.3 is 0 Å². The van der Waals surface area contributed by atoms with Crippen LogP contribution in [0.5, 0.6) is 5.75 Å². The van der Waals surface area contributed by atoms with Gasteiger partial charge in [-0.2, -0.15) is 0 Å². The van der Waals surface area contributed by atoms with E-state index in [1.54, 1.807) is 19.1 Å². The van der Waals surface area contributed by atoms with Gasteiger partial charge < -0.3 is 9.84 Å². The van der Waals surface area contributed by atoms with Crippen LogP contribution in [-0.4, -0.2) is 11.7 Å². The molecule has 0 aromatic heterocycles. The Morgan fingerprint density at radius 1 is 1.10 bits per heavy atom. The Bertz CT molecular complexity index is 552. The van der Waals surface area contributed by atoms with E-state index in [9.17, 15) is 9.50 Å². The van der Waals surface area contributed by atoms with Crippen LogP contribution in [0.2, 0.25) is 0 Å². The van der Waals surface area contributed by atoms with Crippen molar-refractivity contribution in [3.05, 3.63) is 65.5 Å². The monoisotopic (exact) mass is 288 g/mol. The van der Waals surface area contributed by atoms with Crippen LogP contribution in [0.1, 0.15) is 37.0 Å². The van der Waals surface area contributed by atoms with E-state index in [2.05, 4.69) is 12.1 Å². The minimum absolute atomic E-state index is 0.249.